The number of nitrogens with zero attached hydrogens (tertiary/aromatic N) is 3. The van der Waals surface area contributed by atoms with E-state index in [1.165, 1.54) is 4.68 Å². The predicted octanol–water partition coefficient (Wildman–Crippen LogP) is 0.154. The molecule has 0 aromatic carbocycles. The van der Waals surface area contributed by atoms with Crippen LogP contribution in [0.4, 0.5) is 5.69 Å². The number of hydrogen-bond acceptors (Lipinski definition) is 4. The van der Waals surface area contributed by atoms with Gasteiger partial charge in [0.25, 0.3) is 5.91 Å². The number of aliphatic hydroxyl groups excluding tert-OH is 1. The number of aromatic nitrogens is 2. The van der Waals surface area contributed by atoms with E-state index in [9.17, 15) is 4.79 Å². The molecule has 1 aromatic rings. The van der Waals surface area contributed by atoms with Gasteiger partial charge in [0.2, 0.25) is 0 Å². The van der Waals surface area contributed by atoms with Crippen LogP contribution in [-0.2, 0) is 7.05 Å². The molecule has 0 saturated heterocycles. The molecule has 0 spiro atoms. The fraction of sp³-hybridized carbons (Fsp3) is 0.636. The largest absolute Gasteiger partial charge is 0.395 e. The first-order chi connectivity index (χ1) is 7.90. The van der Waals surface area contributed by atoms with Crippen molar-refractivity contribution in [1.29, 1.82) is 0 Å². The molecule has 17 heavy (non-hydrogen) atoms. The summed E-state index contributed by atoms with van der Waals surface area (Å²) in [6, 6.07) is 0.00394. The number of carbonyl (C=O) groups is 1. The molecule has 0 aliphatic rings. The van der Waals surface area contributed by atoms with Crippen LogP contribution in [0.3, 0.4) is 0 Å². The van der Waals surface area contributed by atoms with E-state index in [4.69, 9.17) is 10.8 Å². The first kappa shape index (κ1) is 13.5. The van der Waals surface area contributed by atoms with E-state index >= 15 is 0 Å². The smallest absolute Gasteiger partial charge is 0.274 e. The molecular weight excluding hydrogens is 220 g/mol. The molecular formula is C11H20N4O2. The van der Waals surface area contributed by atoms with Crippen LogP contribution in [0, 0.1) is 6.92 Å². The highest BCUT2D eigenvalue weighted by molar-refractivity contribution is 5.98. The highest BCUT2D eigenvalue weighted by Gasteiger charge is 2.24. The standard InChI is InChI=1S/C11H20N4O2/c1-7(2)15(5-6-16)11(17)10-9(12)8(3)13-14(10)4/h7,16H,5-6,12H2,1-4H3. The van der Waals surface area contributed by atoms with Crippen molar-refractivity contribution < 1.29 is 9.90 Å². The normalized spacial score (nSPS) is 10.9. The lowest BCUT2D eigenvalue weighted by Crippen LogP contribution is -2.40. The summed E-state index contributed by atoms with van der Waals surface area (Å²) in [7, 11) is 1.69. The molecule has 0 fully saturated rings. The third-order valence-corrected chi connectivity index (χ3v) is 2.70. The molecule has 6 heteroatoms. The average Bonchev–Trinajstić information content (AvgIpc) is 2.48. The molecule has 0 aliphatic heterocycles. The van der Waals surface area contributed by atoms with Gasteiger partial charge < -0.3 is 15.7 Å². The summed E-state index contributed by atoms with van der Waals surface area (Å²) in [5.41, 5.74) is 7.27. The first-order valence-corrected chi connectivity index (χ1v) is 5.61. The van der Waals surface area contributed by atoms with Gasteiger partial charge >= 0.3 is 0 Å². The van der Waals surface area contributed by atoms with Crippen LogP contribution in [0.5, 0.6) is 0 Å². The Balaban J connectivity index is 3.09. The quantitative estimate of drug-likeness (QED) is 0.784. The van der Waals surface area contributed by atoms with Crippen LogP contribution in [-0.4, -0.2) is 44.9 Å². The number of rotatable bonds is 4. The second-order valence-electron chi connectivity index (χ2n) is 4.29. The third kappa shape index (κ3) is 2.58. The van der Waals surface area contributed by atoms with Gasteiger partial charge in [0, 0.05) is 19.6 Å². The van der Waals surface area contributed by atoms with Gasteiger partial charge in [-0.15, -0.1) is 0 Å². The van der Waals surface area contributed by atoms with Crippen molar-refractivity contribution in [3.05, 3.63) is 11.4 Å². The summed E-state index contributed by atoms with van der Waals surface area (Å²) >= 11 is 0. The summed E-state index contributed by atoms with van der Waals surface area (Å²) in [6.45, 7) is 5.78. The van der Waals surface area contributed by atoms with Crippen LogP contribution < -0.4 is 5.73 Å². The van der Waals surface area contributed by atoms with Crippen LogP contribution in [0.2, 0.25) is 0 Å². The van der Waals surface area contributed by atoms with Gasteiger partial charge in [-0.2, -0.15) is 5.10 Å². The SMILES string of the molecule is Cc1nn(C)c(C(=O)N(CCO)C(C)C)c1N. The monoisotopic (exact) mass is 240 g/mol. The molecule has 6 nitrogen and oxygen atoms in total. The van der Waals surface area contributed by atoms with Crippen molar-refractivity contribution in [3.8, 4) is 0 Å². The van der Waals surface area contributed by atoms with Crippen molar-refractivity contribution in [2.75, 3.05) is 18.9 Å². The Kier molecular flexibility index (Phi) is 4.11. The molecule has 0 unspecified atom stereocenters. The molecule has 1 rings (SSSR count). The Morgan fingerprint density at radius 2 is 2.18 bits per heavy atom. The predicted molar refractivity (Wildman–Crippen MR) is 65.6 cm³/mol. The maximum atomic E-state index is 12.3. The lowest BCUT2D eigenvalue weighted by atomic mass is 10.2. The van der Waals surface area contributed by atoms with E-state index in [0.29, 0.717) is 23.6 Å². The topological polar surface area (TPSA) is 84.4 Å². The minimum atomic E-state index is -0.199. The molecule has 1 aromatic heterocycles. The second-order valence-corrected chi connectivity index (χ2v) is 4.29. The summed E-state index contributed by atoms with van der Waals surface area (Å²) < 4.78 is 1.49. The Hall–Kier alpha value is -1.56. The highest BCUT2D eigenvalue weighted by atomic mass is 16.3. The Morgan fingerprint density at radius 3 is 2.53 bits per heavy atom. The first-order valence-electron chi connectivity index (χ1n) is 5.61. The van der Waals surface area contributed by atoms with E-state index in [0.717, 1.165) is 0 Å². The Labute approximate surface area is 101 Å². The van der Waals surface area contributed by atoms with E-state index in [-0.39, 0.29) is 18.6 Å². The van der Waals surface area contributed by atoms with Crippen LogP contribution >= 0.6 is 0 Å². The number of anilines is 1. The fourth-order valence-electron chi connectivity index (χ4n) is 1.77. The number of nitrogens with two attached hydrogens (primary N) is 1. The van der Waals surface area contributed by atoms with Crippen molar-refractivity contribution in [2.24, 2.45) is 7.05 Å². The summed E-state index contributed by atoms with van der Waals surface area (Å²) in [6.07, 6.45) is 0. The third-order valence-electron chi connectivity index (χ3n) is 2.70. The molecule has 0 atom stereocenters. The van der Waals surface area contributed by atoms with Gasteiger partial charge in [-0.1, -0.05) is 0 Å². The van der Waals surface area contributed by atoms with Crippen molar-refractivity contribution >= 4 is 11.6 Å². The van der Waals surface area contributed by atoms with Gasteiger partial charge in [-0.3, -0.25) is 9.48 Å². The second kappa shape index (κ2) is 5.18. The van der Waals surface area contributed by atoms with E-state index in [1.54, 1.807) is 18.9 Å². The molecule has 0 bridgehead atoms. The molecule has 0 saturated carbocycles. The Morgan fingerprint density at radius 1 is 1.59 bits per heavy atom. The van der Waals surface area contributed by atoms with Gasteiger partial charge in [0.15, 0.2) is 0 Å². The fourth-order valence-corrected chi connectivity index (χ4v) is 1.77. The zero-order chi connectivity index (χ0) is 13.2. The maximum Gasteiger partial charge on any atom is 0.274 e. The summed E-state index contributed by atoms with van der Waals surface area (Å²) in [4.78, 5) is 13.9. The summed E-state index contributed by atoms with van der Waals surface area (Å²) in [5, 5.41) is 13.1. The van der Waals surface area contributed by atoms with Gasteiger partial charge in [-0.05, 0) is 20.8 Å². The van der Waals surface area contributed by atoms with Crippen molar-refractivity contribution in [3.63, 3.8) is 0 Å². The molecule has 3 N–H and O–H groups in total. The number of aryl methyl sites for hydroxylation is 2. The lowest BCUT2D eigenvalue weighted by Gasteiger charge is -2.26. The van der Waals surface area contributed by atoms with E-state index in [1.807, 2.05) is 13.8 Å². The highest BCUT2D eigenvalue weighted by Crippen LogP contribution is 2.18. The van der Waals surface area contributed by atoms with E-state index < -0.39 is 0 Å². The number of aliphatic hydroxyl groups is 1. The number of amides is 1. The molecule has 96 valence electrons. The molecule has 0 radical (unpaired) electrons. The lowest BCUT2D eigenvalue weighted by molar-refractivity contribution is 0.0655. The maximum absolute atomic E-state index is 12.3. The summed E-state index contributed by atoms with van der Waals surface area (Å²) in [5.74, 6) is -0.199. The van der Waals surface area contributed by atoms with Crippen molar-refractivity contribution in [1.82, 2.24) is 14.7 Å². The molecule has 1 amide bonds. The zero-order valence-electron chi connectivity index (χ0n) is 10.8. The average molecular weight is 240 g/mol. The molecule has 1 heterocycles. The minimum absolute atomic E-state index is 0.00394. The van der Waals surface area contributed by atoms with Crippen LogP contribution in [0.25, 0.3) is 0 Å². The van der Waals surface area contributed by atoms with Gasteiger partial charge in [0.1, 0.15) is 5.69 Å². The minimum Gasteiger partial charge on any atom is -0.395 e. The van der Waals surface area contributed by atoms with Crippen molar-refractivity contribution in [2.45, 2.75) is 26.8 Å². The van der Waals surface area contributed by atoms with Crippen LogP contribution in [0.1, 0.15) is 30.0 Å². The number of hydrogen-bond donors (Lipinski definition) is 2. The zero-order valence-corrected chi connectivity index (χ0v) is 10.8. The van der Waals surface area contributed by atoms with Crippen LogP contribution in [0.15, 0.2) is 0 Å². The molecule has 0 aliphatic carbocycles. The van der Waals surface area contributed by atoms with Gasteiger partial charge in [0.05, 0.1) is 18.0 Å². The Bertz CT molecular complexity index is 412. The number of nitrogen functional groups attached to an aromatic ring is 1. The van der Waals surface area contributed by atoms with Gasteiger partial charge in [-0.25, -0.2) is 0 Å². The van der Waals surface area contributed by atoms with E-state index in [2.05, 4.69) is 5.10 Å². The number of carbonyl (C=O) groups excluding carboxylic acids is 1.